The van der Waals surface area contributed by atoms with Gasteiger partial charge in [-0.3, -0.25) is 4.79 Å². The zero-order valence-corrected chi connectivity index (χ0v) is 26.8. The summed E-state index contributed by atoms with van der Waals surface area (Å²) in [6.07, 6.45) is 1.54. The number of nitrogens with zero attached hydrogens (tertiary/aromatic N) is 3. The van der Waals surface area contributed by atoms with Gasteiger partial charge in [0, 0.05) is 5.56 Å². The number of aromatic nitrogens is 2. The lowest BCUT2D eigenvalue weighted by molar-refractivity contribution is 0.174. The Morgan fingerprint density at radius 2 is 1.76 bits per heavy atom. The van der Waals surface area contributed by atoms with Crippen LogP contribution >= 0.6 is 23.2 Å². The molecule has 5 aromatic rings. The molecule has 8 nitrogen and oxygen atoms in total. The van der Waals surface area contributed by atoms with Crippen LogP contribution in [0, 0.1) is 6.92 Å². The fraction of sp³-hybridized carbons (Fsp3) is 0.229. The molecule has 1 aliphatic rings. The van der Waals surface area contributed by atoms with Crippen LogP contribution in [0.4, 0.5) is 0 Å². The normalized spacial score (nSPS) is 12.4. The summed E-state index contributed by atoms with van der Waals surface area (Å²) in [7, 11) is 0. The summed E-state index contributed by atoms with van der Waals surface area (Å²) in [5.41, 5.74) is 4.45. The van der Waals surface area contributed by atoms with Crippen molar-refractivity contribution < 1.29 is 18.9 Å². The minimum Gasteiger partial charge on any atom is -0.494 e. The van der Waals surface area contributed by atoms with Crippen LogP contribution in [0.15, 0.2) is 76.6 Å². The second-order valence-electron chi connectivity index (χ2n) is 10.9. The molecule has 10 heteroatoms. The van der Waals surface area contributed by atoms with E-state index >= 15 is 0 Å². The van der Waals surface area contributed by atoms with Crippen molar-refractivity contribution in [2.75, 3.05) is 13.4 Å². The summed E-state index contributed by atoms with van der Waals surface area (Å²) < 4.78 is 24.0. The Kier molecular flexibility index (Phi) is 8.70. The van der Waals surface area contributed by atoms with Crippen molar-refractivity contribution in [2.24, 2.45) is 5.10 Å². The molecule has 0 spiro atoms. The molecule has 230 valence electrons. The van der Waals surface area contributed by atoms with Crippen molar-refractivity contribution in [3.05, 3.63) is 109 Å². The summed E-state index contributed by atoms with van der Waals surface area (Å²) >= 11 is 13.2. The number of fused-ring (bicyclic) bond motifs is 2. The lowest BCUT2D eigenvalue weighted by atomic mass is 9.96. The molecule has 1 aromatic heterocycles. The van der Waals surface area contributed by atoms with Gasteiger partial charge in [0.15, 0.2) is 23.1 Å². The lowest BCUT2D eigenvalue weighted by Gasteiger charge is -2.18. The number of rotatable bonds is 9. The molecule has 0 radical (unpaired) electrons. The van der Waals surface area contributed by atoms with E-state index in [1.54, 1.807) is 24.3 Å². The number of hydrogen-bond donors (Lipinski definition) is 0. The first-order valence-corrected chi connectivity index (χ1v) is 15.3. The Labute approximate surface area is 270 Å². The van der Waals surface area contributed by atoms with Crippen molar-refractivity contribution >= 4 is 40.3 Å². The highest BCUT2D eigenvalue weighted by atomic mass is 35.5. The molecule has 0 saturated heterocycles. The number of benzene rings is 4. The molecule has 0 amide bonds. The van der Waals surface area contributed by atoms with Gasteiger partial charge in [0.25, 0.3) is 5.56 Å². The monoisotopic (exact) mass is 643 g/mol. The van der Waals surface area contributed by atoms with E-state index < -0.39 is 0 Å². The van der Waals surface area contributed by atoms with Gasteiger partial charge < -0.3 is 18.9 Å². The summed E-state index contributed by atoms with van der Waals surface area (Å²) in [5.74, 6) is 3.11. The van der Waals surface area contributed by atoms with Crippen molar-refractivity contribution in [3.8, 4) is 34.4 Å². The first-order chi connectivity index (χ1) is 21.7. The standard InChI is InChI=1S/C35H31Cl2N3O5/c1-5-42-31-12-21(4)26(16-25(31)20(2)3)34-39-29-9-7-6-8-24(29)35(41)40(34)38-17-23-13-27(36)33(28(37)14-23)43-18-22-10-11-30-32(15-22)45-19-44-30/h6-17,20H,5,18-19H2,1-4H3. The first-order valence-electron chi connectivity index (χ1n) is 14.6. The van der Waals surface area contributed by atoms with Crippen molar-refractivity contribution in [3.63, 3.8) is 0 Å². The maximum absolute atomic E-state index is 13.8. The minimum absolute atomic E-state index is 0.185. The summed E-state index contributed by atoms with van der Waals surface area (Å²) in [5, 5.41) is 5.68. The van der Waals surface area contributed by atoms with Crippen LogP contribution in [-0.2, 0) is 6.61 Å². The molecule has 0 N–H and O–H groups in total. The molecule has 1 aliphatic heterocycles. The smallest absolute Gasteiger partial charge is 0.282 e. The highest BCUT2D eigenvalue weighted by Gasteiger charge is 2.19. The van der Waals surface area contributed by atoms with E-state index in [-0.39, 0.29) is 24.9 Å². The Morgan fingerprint density at radius 1 is 1.00 bits per heavy atom. The van der Waals surface area contributed by atoms with Crippen molar-refractivity contribution in [2.45, 2.75) is 40.2 Å². The van der Waals surface area contributed by atoms with E-state index in [2.05, 4.69) is 18.9 Å². The quantitative estimate of drug-likeness (QED) is 0.150. The molecule has 0 bridgehead atoms. The Morgan fingerprint density at radius 3 is 2.51 bits per heavy atom. The maximum Gasteiger partial charge on any atom is 0.282 e. The summed E-state index contributed by atoms with van der Waals surface area (Å²) in [6, 6.07) is 20.2. The van der Waals surface area contributed by atoms with Crippen LogP contribution in [0.3, 0.4) is 0 Å². The van der Waals surface area contributed by atoms with Gasteiger partial charge in [-0.05, 0) is 90.6 Å². The van der Waals surface area contributed by atoms with Gasteiger partial charge in [-0.1, -0.05) is 55.2 Å². The molecule has 0 saturated carbocycles. The third kappa shape index (κ3) is 6.21. The second-order valence-corrected chi connectivity index (χ2v) is 11.7. The topological polar surface area (TPSA) is 84.2 Å². The molecule has 0 aliphatic carbocycles. The number of aryl methyl sites for hydroxylation is 1. The molecule has 0 atom stereocenters. The van der Waals surface area contributed by atoms with Crippen molar-refractivity contribution in [1.29, 1.82) is 0 Å². The predicted molar refractivity (Wildman–Crippen MR) is 178 cm³/mol. The second kappa shape index (κ2) is 12.8. The first kappa shape index (κ1) is 30.5. The van der Waals surface area contributed by atoms with E-state index in [1.165, 1.54) is 10.9 Å². The molecular weight excluding hydrogens is 613 g/mol. The lowest BCUT2D eigenvalue weighted by Crippen LogP contribution is -2.21. The van der Waals surface area contributed by atoms with Crippen LogP contribution in [0.2, 0.25) is 10.0 Å². The van der Waals surface area contributed by atoms with Crippen LogP contribution in [0.5, 0.6) is 23.0 Å². The molecule has 4 aromatic carbocycles. The number of para-hydroxylation sites is 1. The average Bonchev–Trinajstić information content (AvgIpc) is 3.48. The Hall–Kier alpha value is -4.53. The average molecular weight is 645 g/mol. The van der Waals surface area contributed by atoms with Gasteiger partial charge in [-0.15, -0.1) is 0 Å². The van der Waals surface area contributed by atoms with Gasteiger partial charge in [-0.2, -0.15) is 9.78 Å². The van der Waals surface area contributed by atoms with E-state index in [9.17, 15) is 4.79 Å². The largest absolute Gasteiger partial charge is 0.494 e. The van der Waals surface area contributed by atoms with Crippen LogP contribution < -0.4 is 24.5 Å². The molecule has 0 unspecified atom stereocenters. The fourth-order valence-electron chi connectivity index (χ4n) is 5.18. The highest BCUT2D eigenvalue weighted by molar-refractivity contribution is 6.37. The van der Waals surface area contributed by atoms with Gasteiger partial charge in [0.1, 0.15) is 12.4 Å². The van der Waals surface area contributed by atoms with Crippen molar-refractivity contribution in [1.82, 2.24) is 9.66 Å². The van der Waals surface area contributed by atoms with E-state index in [0.717, 1.165) is 28.0 Å². The van der Waals surface area contributed by atoms with Crippen LogP contribution in [-0.4, -0.2) is 29.3 Å². The number of halogens is 2. The molecular formula is C35H31Cl2N3O5. The van der Waals surface area contributed by atoms with Crippen LogP contribution in [0.25, 0.3) is 22.3 Å². The van der Waals surface area contributed by atoms with E-state index in [4.69, 9.17) is 47.1 Å². The predicted octanol–water partition coefficient (Wildman–Crippen LogP) is 8.39. The fourth-order valence-corrected chi connectivity index (χ4v) is 5.79. The van der Waals surface area contributed by atoms with Gasteiger partial charge >= 0.3 is 0 Å². The van der Waals surface area contributed by atoms with E-state index in [0.29, 0.717) is 56.2 Å². The Bertz CT molecular complexity index is 1980. The molecule has 0 fully saturated rings. The Balaban J connectivity index is 1.36. The third-order valence-corrected chi connectivity index (χ3v) is 8.00. The maximum atomic E-state index is 13.8. The third-order valence-electron chi connectivity index (χ3n) is 7.44. The van der Waals surface area contributed by atoms with Gasteiger partial charge in [-0.25, -0.2) is 4.98 Å². The van der Waals surface area contributed by atoms with Gasteiger partial charge in [0.05, 0.1) is 33.8 Å². The SMILES string of the molecule is CCOc1cc(C)c(-c2nc3ccccc3c(=O)n2N=Cc2cc(Cl)c(OCc3ccc4c(c3)OCO4)c(Cl)c2)cc1C(C)C. The van der Waals surface area contributed by atoms with Crippen LogP contribution in [0.1, 0.15) is 48.9 Å². The molecule has 2 heterocycles. The number of hydrogen-bond acceptors (Lipinski definition) is 7. The minimum atomic E-state index is -0.299. The zero-order chi connectivity index (χ0) is 31.7. The summed E-state index contributed by atoms with van der Waals surface area (Å²) in [6.45, 7) is 9.11. The van der Waals surface area contributed by atoms with E-state index in [1.807, 2.05) is 56.3 Å². The summed E-state index contributed by atoms with van der Waals surface area (Å²) in [4.78, 5) is 18.7. The zero-order valence-electron chi connectivity index (χ0n) is 25.3. The highest BCUT2D eigenvalue weighted by Crippen LogP contribution is 2.37. The number of ether oxygens (including phenoxy) is 4. The molecule has 6 rings (SSSR count). The molecule has 45 heavy (non-hydrogen) atoms. The van der Waals surface area contributed by atoms with Gasteiger partial charge in [0.2, 0.25) is 6.79 Å².